The van der Waals surface area contributed by atoms with E-state index in [-0.39, 0.29) is 39.9 Å². The monoisotopic (exact) mass is 496 g/mol. The fraction of sp³-hybridized carbons (Fsp3) is 0.316. The van der Waals surface area contributed by atoms with Crippen LogP contribution in [0, 0.1) is 5.82 Å². The highest BCUT2D eigenvalue weighted by Crippen LogP contribution is 2.35. The van der Waals surface area contributed by atoms with Gasteiger partial charge in [0.25, 0.3) is 0 Å². The molecular formula is C19H14Cl2F4N2O5. The molecule has 0 bridgehead atoms. The molecule has 0 saturated carbocycles. The standard InChI is InChI=1S/C19H14Cl2F4N2O5/c20-10-4-9(16(28)13-1-2-14(27-13)18(29)30)12(22)5-15(10)32-8-3-11(21)17(26-6-8)31-7-19(23,24)25/h3-6,13-14,27H,1-2,7H2,(H,29,30). The van der Waals surface area contributed by atoms with Crippen LogP contribution in [0.5, 0.6) is 17.4 Å². The summed E-state index contributed by atoms with van der Waals surface area (Å²) in [6.45, 7) is -1.59. The topological polar surface area (TPSA) is 97.8 Å². The Morgan fingerprint density at radius 2 is 1.84 bits per heavy atom. The van der Waals surface area contributed by atoms with E-state index in [0.29, 0.717) is 0 Å². The summed E-state index contributed by atoms with van der Waals surface area (Å²) in [4.78, 5) is 27.2. The van der Waals surface area contributed by atoms with E-state index < -0.39 is 48.3 Å². The van der Waals surface area contributed by atoms with Gasteiger partial charge in [0.1, 0.15) is 28.4 Å². The summed E-state index contributed by atoms with van der Waals surface area (Å²) in [6.07, 6.45) is -3.14. The maximum absolute atomic E-state index is 14.6. The minimum atomic E-state index is -4.58. The highest BCUT2D eigenvalue weighted by atomic mass is 35.5. The van der Waals surface area contributed by atoms with Gasteiger partial charge in [-0.25, -0.2) is 9.37 Å². The Morgan fingerprint density at radius 1 is 1.16 bits per heavy atom. The van der Waals surface area contributed by atoms with Gasteiger partial charge in [-0.05, 0) is 18.9 Å². The van der Waals surface area contributed by atoms with Crippen LogP contribution in [-0.4, -0.2) is 46.7 Å². The number of carbonyl (C=O) groups is 2. The van der Waals surface area contributed by atoms with Crippen LogP contribution in [0.2, 0.25) is 10.0 Å². The molecule has 1 aromatic carbocycles. The van der Waals surface area contributed by atoms with Gasteiger partial charge >= 0.3 is 12.1 Å². The molecule has 3 rings (SSSR count). The quantitative estimate of drug-likeness (QED) is 0.425. The molecule has 7 nitrogen and oxygen atoms in total. The first-order chi connectivity index (χ1) is 14.9. The minimum absolute atomic E-state index is 0.0727. The Labute approximate surface area is 188 Å². The summed E-state index contributed by atoms with van der Waals surface area (Å²) >= 11 is 11.9. The van der Waals surface area contributed by atoms with Gasteiger partial charge < -0.3 is 14.6 Å². The Hall–Kier alpha value is -2.63. The van der Waals surface area contributed by atoms with Gasteiger partial charge in [0, 0.05) is 12.1 Å². The third-order valence-corrected chi connectivity index (χ3v) is 5.00. The van der Waals surface area contributed by atoms with E-state index in [1.165, 1.54) is 0 Å². The van der Waals surface area contributed by atoms with Crippen molar-refractivity contribution < 1.29 is 41.7 Å². The lowest BCUT2D eigenvalue weighted by Gasteiger charge is -2.14. The molecule has 2 heterocycles. The van der Waals surface area contributed by atoms with Crippen molar-refractivity contribution in [3.05, 3.63) is 45.8 Å². The zero-order valence-corrected chi connectivity index (χ0v) is 17.4. The SMILES string of the molecule is O=C(O)C1CCC(C(=O)c2cc(Cl)c(Oc3cnc(OCC(F)(F)F)c(Cl)c3)cc2F)N1. The number of hydrogen-bond donors (Lipinski definition) is 2. The molecule has 1 saturated heterocycles. The second-order valence-electron chi connectivity index (χ2n) is 6.78. The summed E-state index contributed by atoms with van der Waals surface area (Å²) in [5, 5.41) is 11.2. The lowest BCUT2D eigenvalue weighted by molar-refractivity contribution is -0.154. The molecule has 172 valence electrons. The normalized spacial score (nSPS) is 18.4. The lowest BCUT2D eigenvalue weighted by Crippen LogP contribution is -2.39. The fourth-order valence-corrected chi connectivity index (χ4v) is 3.39. The van der Waals surface area contributed by atoms with E-state index in [0.717, 1.165) is 24.4 Å². The molecule has 0 radical (unpaired) electrons. The van der Waals surface area contributed by atoms with Crippen LogP contribution < -0.4 is 14.8 Å². The number of halogens is 6. The van der Waals surface area contributed by atoms with Crippen molar-refractivity contribution in [1.82, 2.24) is 10.3 Å². The number of ether oxygens (including phenoxy) is 2. The first kappa shape index (κ1) is 24.0. The molecule has 0 aliphatic carbocycles. The molecule has 2 unspecified atom stereocenters. The van der Waals surface area contributed by atoms with Crippen molar-refractivity contribution in [3.63, 3.8) is 0 Å². The zero-order valence-electron chi connectivity index (χ0n) is 15.9. The highest BCUT2D eigenvalue weighted by Gasteiger charge is 2.34. The van der Waals surface area contributed by atoms with E-state index in [2.05, 4.69) is 15.0 Å². The molecule has 13 heteroatoms. The van der Waals surface area contributed by atoms with Crippen molar-refractivity contribution in [3.8, 4) is 17.4 Å². The number of carboxylic acid groups (broad SMARTS) is 1. The Morgan fingerprint density at radius 3 is 2.44 bits per heavy atom. The summed E-state index contributed by atoms with van der Waals surface area (Å²) in [7, 11) is 0. The maximum atomic E-state index is 14.6. The highest BCUT2D eigenvalue weighted by molar-refractivity contribution is 6.32. The number of aromatic nitrogens is 1. The number of carbonyl (C=O) groups excluding carboxylic acids is 1. The average Bonchev–Trinajstić information content (AvgIpc) is 3.19. The van der Waals surface area contributed by atoms with Crippen molar-refractivity contribution in [2.24, 2.45) is 0 Å². The van der Waals surface area contributed by atoms with Gasteiger partial charge in [-0.1, -0.05) is 23.2 Å². The molecule has 2 N–H and O–H groups in total. The van der Waals surface area contributed by atoms with Crippen LogP contribution in [0.15, 0.2) is 24.4 Å². The predicted molar refractivity (Wildman–Crippen MR) is 104 cm³/mol. The summed E-state index contributed by atoms with van der Waals surface area (Å²) in [5.74, 6) is -3.47. The number of aliphatic carboxylic acids is 1. The molecule has 0 spiro atoms. The Bertz CT molecular complexity index is 1050. The Balaban J connectivity index is 1.73. The summed E-state index contributed by atoms with van der Waals surface area (Å²) in [5.41, 5.74) is -0.349. The molecule has 32 heavy (non-hydrogen) atoms. The van der Waals surface area contributed by atoms with E-state index >= 15 is 0 Å². The molecule has 1 aromatic heterocycles. The second kappa shape index (κ2) is 9.47. The van der Waals surface area contributed by atoms with Gasteiger partial charge in [0.2, 0.25) is 5.88 Å². The number of nitrogens with zero attached hydrogens (tertiary/aromatic N) is 1. The molecule has 2 atom stereocenters. The number of rotatable bonds is 7. The molecule has 1 aliphatic heterocycles. The minimum Gasteiger partial charge on any atom is -0.480 e. The molecule has 2 aromatic rings. The third-order valence-electron chi connectivity index (χ3n) is 4.43. The van der Waals surface area contributed by atoms with Gasteiger partial charge in [-0.2, -0.15) is 13.2 Å². The maximum Gasteiger partial charge on any atom is 0.422 e. The van der Waals surface area contributed by atoms with E-state index in [1.807, 2.05) is 0 Å². The Kier molecular flexibility index (Phi) is 7.11. The van der Waals surface area contributed by atoms with Gasteiger partial charge in [0.05, 0.1) is 22.8 Å². The molecule has 1 aliphatic rings. The van der Waals surface area contributed by atoms with Gasteiger partial charge in [-0.15, -0.1) is 0 Å². The number of alkyl halides is 3. The molecule has 1 fully saturated rings. The van der Waals surface area contributed by atoms with Crippen molar-refractivity contribution >= 4 is 35.0 Å². The third kappa shape index (κ3) is 5.78. The second-order valence-corrected chi connectivity index (χ2v) is 7.59. The van der Waals surface area contributed by atoms with Gasteiger partial charge in [0.15, 0.2) is 12.4 Å². The van der Waals surface area contributed by atoms with Crippen LogP contribution >= 0.6 is 23.2 Å². The van der Waals surface area contributed by atoms with Crippen LogP contribution in [0.3, 0.4) is 0 Å². The molecular weight excluding hydrogens is 483 g/mol. The van der Waals surface area contributed by atoms with Gasteiger partial charge in [-0.3, -0.25) is 14.9 Å². The fourth-order valence-electron chi connectivity index (χ4n) is 2.97. The summed E-state index contributed by atoms with van der Waals surface area (Å²) < 4.78 is 61.1. The predicted octanol–water partition coefficient (Wildman–Crippen LogP) is 4.65. The smallest absolute Gasteiger partial charge is 0.422 e. The van der Waals surface area contributed by atoms with Crippen LogP contribution in [0.4, 0.5) is 17.6 Å². The number of pyridine rings is 1. The van der Waals surface area contributed by atoms with Crippen LogP contribution in [0.25, 0.3) is 0 Å². The number of ketones is 1. The lowest BCUT2D eigenvalue weighted by atomic mass is 10.0. The average molecular weight is 497 g/mol. The summed E-state index contributed by atoms with van der Waals surface area (Å²) in [6, 6.07) is 1.22. The van der Waals surface area contributed by atoms with Crippen molar-refractivity contribution in [1.29, 1.82) is 0 Å². The first-order valence-electron chi connectivity index (χ1n) is 8.99. The van der Waals surface area contributed by atoms with Crippen LogP contribution in [-0.2, 0) is 4.79 Å². The number of carboxylic acids is 1. The van der Waals surface area contributed by atoms with Crippen molar-refractivity contribution in [2.75, 3.05) is 6.61 Å². The largest absolute Gasteiger partial charge is 0.480 e. The van der Waals surface area contributed by atoms with Crippen molar-refractivity contribution in [2.45, 2.75) is 31.1 Å². The number of benzene rings is 1. The van der Waals surface area contributed by atoms with Crippen LogP contribution in [0.1, 0.15) is 23.2 Å². The first-order valence-corrected chi connectivity index (χ1v) is 9.75. The van der Waals surface area contributed by atoms with E-state index in [1.54, 1.807) is 0 Å². The number of Topliss-reactive ketones (excluding diaryl/α,β-unsaturated/α-hetero) is 1. The molecule has 0 amide bonds. The van der Waals surface area contributed by atoms with E-state index in [4.69, 9.17) is 33.0 Å². The number of nitrogens with one attached hydrogen (secondary N) is 1. The number of hydrogen-bond acceptors (Lipinski definition) is 6. The zero-order chi connectivity index (χ0) is 23.6. The van der Waals surface area contributed by atoms with E-state index in [9.17, 15) is 27.2 Å².